The Hall–Kier alpha value is -1.85. The number of hydrogen-bond donors (Lipinski definition) is 0. The summed E-state index contributed by atoms with van der Waals surface area (Å²) in [5.74, 6) is 1.73. The second kappa shape index (κ2) is 4.86. The van der Waals surface area contributed by atoms with Gasteiger partial charge in [0.1, 0.15) is 11.3 Å². The zero-order valence-electron chi connectivity index (χ0n) is 15.2. The highest BCUT2D eigenvalue weighted by atomic mass is 16.7. The minimum absolute atomic E-state index is 0.0811. The average Bonchev–Trinajstić information content (AvgIpc) is 3.01. The third-order valence-electron chi connectivity index (χ3n) is 6.74. The summed E-state index contributed by atoms with van der Waals surface area (Å²) in [5.41, 5.74) is 1.80. The molecule has 0 spiro atoms. The number of oxime groups is 1. The number of fused-ring (bicyclic) bond motifs is 1. The molecule has 4 aliphatic rings. The minimum atomic E-state index is -0.161. The van der Waals surface area contributed by atoms with Crippen LogP contribution < -0.4 is 0 Å². The summed E-state index contributed by atoms with van der Waals surface area (Å²) in [7, 11) is 0. The van der Waals surface area contributed by atoms with Crippen molar-refractivity contribution in [2.45, 2.75) is 57.6 Å². The van der Waals surface area contributed by atoms with Gasteiger partial charge in [-0.3, -0.25) is 4.79 Å². The Kier molecular flexibility index (Phi) is 3.00. The summed E-state index contributed by atoms with van der Waals surface area (Å²) < 4.78 is 2.13. The number of likely N-dealkylation sites (tertiary alicyclic amines) is 1. The molecule has 25 heavy (non-hydrogen) atoms. The summed E-state index contributed by atoms with van der Waals surface area (Å²) in [6.07, 6.45) is 8.31. The van der Waals surface area contributed by atoms with Crippen molar-refractivity contribution in [3.8, 4) is 0 Å². The van der Waals surface area contributed by atoms with Gasteiger partial charge in [-0.25, -0.2) is 4.98 Å². The highest BCUT2D eigenvalue weighted by molar-refractivity contribution is 5.94. The Morgan fingerprint density at radius 1 is 1.24 bits per heavy atom. The molecule has 2 aliphatic carbocycles. The Balaban J connectivity index is 1.22. The van der Waals surface area contributed by atoms with E-state index in [-0.39, 0.29) is 17.0 Å². The number of carbonyl (C=O) groups excluding carboxylic acids is 1. The number of rotatable bonds is 3. The molecular weight excluding hydrogens is 316 g/mol. The van der Waals surface area contributed by atoms with Gasteiger partial charge in [0.15, 0.2) is 0 Å². The highest BCUT2D eigenvalue weighted by Gasteiger charge is 2.60. The van der Waals surface area contributed by atoms with Crippen LogP contribution in [0.4, 0.5) is 0 Å². The Labute approximate surface area is 148 Å². The van der Waals surface area contributed by atoms with Gasteiger partial charge in [-0.15, -0.1) is 0 Å². The maximum Gasteiger partial charge on any atom is 0.274 e. The lowest BCUT2D eigenvalue weighted by Crippen LogP contribution is -2.36. The van der Waals surface area contributed by atoms with Crippen LogP contribution in [0.3, 0.4) is 0 Å². The fourth-order valence-corrected chi connectivity index (χ4v) is 4.89. The fraction of sp³-hybridized carbons (Fsp3) is 0.737. The molecule has 3 fully saturated rings. The lowest BCUT2D eigenvalue weighted by atomic mass is 9.78. The maximum atomic E-state index is 12.8. The van der Waals surface area contributed by atoms with Gasteiger partial charge < -0.3 is 14.3 Å². The summed E-state index contributed by atoms with van der Waals surface area (Å²) >= 11 is 0. The van der Waals surface area contributed by atoms with Crippen molar-refractivity contribution in [3.63, 3.8) is 0 Å². The van der Waals surface area contributed by atoms with Crippen LogP contribution in [0.15, 0.2) is 17.7 Å². The van der Waals surface area contributed by atoms with Gasteiger partial charge in [0.05, 0.1) is 12.0 Å². The van der Waals surface area contributed by atoms with Crippen molar-refractivity contribution in [1.82, 2.24) is 14.5 Å². The quantitative estimate of drug-likeness (QED) is 0.848. The molecule has 0 N–H and O–H groups in total. The van der Waals surface area contributed by atoms with Gasteiger partial charge in [-0.2, -0.15) is 0 Å². The molecule has 6 heteroatoms. The molecule has 134 valence electrons. The first-order valence-electron chi connectivity index (χ1n) is 9.45. The smallest absolute Gasteiger partial charge is 0.274 e. The molecule has 1 amide bonds. The standard InChI is InChI=1S/C19H26N4O2/c1-18(2)7-14(21-25-18)16-12-8-22(9-13(12)16)17(24)15-10-23(11-20-15)19(3)5-4-6-19/h10-13,16H,4-9H2,1-3H3/t12-,13+,16?. The fourth-order valence-electron chi connectivity index (χ4n) is 4.89. The van der Waals surface area contributed by atoms with Gasteiger partial charge in [0.25, 0.3) is 5.91 Å². The van der Waals surface area contributed by atoms with Crippen LogP contribution in [0.25, 0.3) is 0 Å². The van der Waals surface area contributed by atoms with E-state index in [2.05, 4.69) is 35.5 Å². The van der Waals surface area contributed by atoms with Crippen LogP contribution in [-0.2, 0) is 10.4 Å². The van der Waals surface area contributed by atoms with Crippen molar-refractivity contribution in [2.75, 3.05) is 13.1 Å². The normalized spacial score (nSPS) is 34.1. The molecule has 0 radical (unpaired) electrons. The topological polar surface area (TPSA) is 59.7 Å². The van der Waals surface area contributed by atoms with Crippen LogP contribution in [0.2, 0.25) is 0 Å². The van der Waals surface area contributed by atoms with Crippen molar-refractivity contribution in [3.05, 3.63) is 18.2 Å². The van der Waals surface area contributed by atoms with Crippen molar-refractivity contribution >= 4 is 11.6 Å². The lowest BCUT2D eigenvalue weighted by molar-refractivity contribution is 0.0123. The van der Waals surface area contributed by atoms with Crippen LogP contribution in [0, 0.1) is 17.8 Å². The number of piperidine rings is 1. The first-order chi connectivity index (χ1) is 11.9. The van der Waals surface area contributed by atoms with Crippen LogP contribution >= 0.6 is 0 Å². The number of imidazole rings is 1. The van der Waals surface area contributed by atoms with E-state index in [0.29, 0.717) is 23.4 Å². The molecule has 1 saturated heterocycles. The highest BCUT2D eigenvalue weighted by Crippen LogP contribution is 2.54. The van der Waals surface area contributed by atoms with E-state index in [4.69, 9.17) is 4.84 Å². The molecule has 0 bridgehead atoms. The molecule has 5 rings (SSSR count). The Morgan fingerprint density at radius 3 is 2.52 bits per heavy atom. The molecule has 2 saturated carbocycles. The molecule has 3 atom stereocenters. The summed E-state index contributed by atoms with van der Waals surface area (Å²) in [6, 6.07) is 0. The third-order valence-corrected chi connectivity index (χ3v) is 6.74. The van der Waals surface area contributed by atoms with Crippen molar-refractivity contribution in [2.24, 2.45) is 22.9 Å². The minimum Gasteiger partial charge on any atom is -0.389 e. The largest absolute Gasteiger partial charge is 0.389 e. The number of amides is 1. The van der Waals surface area contributed by atoms with Gasteiger partial charge in [0.2, 0.25) is 0 Å². The Bertz CT molecular complexity index is 749. The van der Waals surface area contributed by atoms with E-state index >= 15 is 0 Å². The van der Waals surface area contributed by atoms with Gasteiger partial charge in [-0.1, -0.05) is 5.16 Å². The van der Waals surface area contributed by atoms with Crippen molar-refractivity contribution in [1.29, 1.82) is 0 Å². The molecule has 1 aromatic rings. The van der Waals surface area contributed by atoms with E-state index in [9.17, 15) is 4.79 Å². The van der Waals surface area contributed by atoms with Gasteiger partial charge in [0, 0.05) is 37.2 Å². The monoisotopic (exact) mass is 342 g/mol. The summed E-state index contributed by atoms with van der Waals surface area (Å²) in [6.45, 7) is 8.07. The van der Waals surface area contributed by atoms with E-state index in [1.807, 2.05) is 17.4 Å². The lowest BCUT2D eigenvalue weighted by Gasteiger charge is -2.39. The van der Waals surface area contributed by atoms with Crippen LogP contribution in [0.1, 0.15) is 56.9 Å². The van der Waals surface area contributed by atoms with Crippen LogP contribution in [0.5, 0.6) is 0 Å². The Morgan fingerprint density at radius 2 is 1.96 bits per heavy atom. The molecule has 6 nitrogen and oxygen atoms in total. The van der Waals surface area contributed by atoms with Crippen molar-refractivity contribution < 1.29 is 9.63 Å². The van der Waals surface area contributed by atoms with E-state index in [1.165, 1.54) is 25.0 Å². The predicted octanol–water partition coefficient (Wildman–Crippen LogP) is 2.66. The van der Waals surface area contributed by atoms with Gasteiger partial charge >= 0.3 is 0 Å². The number of aromatic nitrogens is 2. The molecular formula is C19H26N4O2. The summed E-state index contributed by atoms with van der Waals surface area (Å²) in [4.78, 5) is 24.7. The first kappa shape index (κ1) is 15.4. The maximum absolute atomic E-state index is 12.8. The molecule has 2 aliphatic heterocycles. The first-order valence-corrected chi connectivity index (χ1v) is 9.45. The second-order valence-electron chi connectivity index (χ2n) is 9.19. The number of nitrogens with zero attached hydrogens (tertiary/aromatic N) is 4. The van der Waals surface area contributed by atoms with E-state index in [0.717, 1.165) is 19.5 Å². The molecule has 0 aromatic carbocycles. The van der Waals surface area contributed by atoms with E-state index < -0.39 is 0 Å². The zero-order chi connectivity index (χ0) is 17.4. The number of hydrogen-bond acceptors (Lipinski definition) is 4. The molecule has 1 unspecified atom stereocenters. The SMILES string of the molecule is CC1(C)CC(C2[C@H]3CN(C(=O)c4cn(C5(C)CCC5)cn4)C[C@@H]23)=NO1. The number of carbonyl (C=O) groups is 1. The van der Waals surface area contributed by atoms with E-state index in [1.54, 1.807) is 0 Å². The zero-order valence-corrected chi connectivity index (χ0v) is 15.2. The van der Waals surface area contributed by atoms with Crippen LogP contribution in [-0.4, -0.2) is 44.8 Å². The third kappa shape index (κ3) is 2.33. The predicted molar refractivity (Wildman–Crippen MR) is 93.3 cm³/mol. The average molecular weight is 342 g/mol. The summed E-state index contributed by atoms with van der Waals surface area (Å²) in [5, 5.41) is 4.30. The molecule has 3 heterocycles. The second-order valence-corrected chi connectivity index (χ2v) is 9.19. The van der Waals surface area contributed by atoms with Gasteiger partial charge in [-0.05, 0) is 51.9 Å². The molecule has 1 aromatic heterocycles.